The molecule has 0 radical (unpaired) electrons. The highest BCUT2D eigenvalue weighted by Crippen LogP contribution is 2.25. The molecule has 1 aliphatic rings. The maximum atomic E-state index is 12.7. The number of benzene rings is 2. The molecule has 6 nitrogen and oxygen atoms in total. The number of nitrogens with one attached hydrogen (secondary N) is 1. The minimum Gasteiger partial charge on any atom is -0.311 e. The molecule has 1 aliphatic heterocycles. The topological polar surface area (TPSA) is 90.3 Å². The Morgan fingerprint density at radius 3 is 2.31 bits per heavy atom. The van der Waals surface area contributed by atoms with Gasteiger partial charge in [-0.25, -0.2) is 8.42 Å². The van der Waals surface area contributed by atoms with Crippen LogP contribution in [-0.4, -0.2) is 26.9 Å². The highest BCUT2D eigenvalue weighted by atomic mass is 32.2. The number of carbonyl (C=O) groups excluding carboxylic acids is 1. The van der Waals surface area contributed by atoms with Crippen LogP contribution >= 0.6 is 0 Å². The van der Waals surface area contributed by atoms with Gasteiger partial charge < -0.3 is 4.90 Å². The average molecular weight is 369 g/mol. The molecule has 0 aromatic heterocycles. The number of sulfonamides is 1. The van der Waals surface area contributed by atoms with Crippen LogP contribution in [0.1, 0.15) is 23.1 Å². The summed E-state index contributed by atoms with van der Waals surface area (Å²) in [7, 11) is -3.83. The largest absolute Gasteiger partial charge is 0.311 e. The van der Waals surface area contributed by atoms with E-state index in [2.05, 4.69) is 4.72 Å². The molecule has 1 fully saturated rings. The van der Waals surface area contributed by atoms with E-state index in [1.54, 1.807) is 4.90 Å². The van der Waals surface area contributed by atoms with E-state index in [4.69, 9.17) is 5.26 Å². The lowest BCUT2D eigenvalue weighted by Gasteiger charge is -2.18. The van der Waals surface area contributed by atoms with Crippen LogP contribution < -0.4 is 9.62 Å². The van der Waals surface area contributed by atoms with Crippen molar-refractivity contribution in [1.82, 2.24) is 4.72 Å². The summed E-state index contributed by atoms with van der Waals surface area (Å²) >= 11 is 0. The van der Waals surface area contributed by atoms with E-state index in [1.807, 2.05) is 38.1 Å². The zero-order valence-corrected chi connectivity index (χ0v) is 15.4. The first-order valence-electron chi connectivity index (χ1n) is 8.22. The van der Waals surface area contributed by atoms with E-state index in [1.165, 1.54) is 24.3 Å². The summed E-state index contributed by atoms with van der Waals surface area (Å²) in [5, 5.41) is 8.81. The van der Waals surface area contributed by atoms with E-state index in [9.17, 15) is 13.2 Å². The lowest BCUT2D eigenvalue weighted by atomic mass is 10.1. The van der Waals surface area contributed by atoms with Crippen LogP contribution in [-0.2, 0) is 14.8 Å². The molecule has 2 aromatic rings. The first-order valence-corrected chi connectivity index (χ1v) is 9.70. The molecule has 0 saturated carbocycles. The Labute approximate surface area is 153 Å². The highest BCUT2D eigenvalue weighted by Gasteiger charge is 2.35. The van der Waals surface area contributed by atoms with Crippen molar-refractivity contribution in [2.24, 2.45) is 0 Å². The van der Waals surface area contributed by atoms with Crippen LogP contribution in [0.15, 0.2) is 47.4 Å². The third-order valence-corrected chi connectivity index (χ3v) is 5.80. The van der Waals surface area contributed by atoms with Crippen molar-refractivity contribution in [1.29, 1.82) is 5.26 Å². The number of amides is 1. The summed E-state index contributed by atoms with van der Waals surface area (Å²) in [6.45, 7) is 4.38. The van der Waals surface area contributed by atoms with Gasteiger partial charge in [0.05, 0.1) is 16.5 Å². The van der Waals surface area contributed by atoms with Crippen molar-refractivity contribution in [2.75, 3.05) is 11.4 Å². The zero-order valence-electron chi connectivity index (χ0n) is 14.6. The number of anilines is 1. The molecule has 0 aliphatic carbocycles. The molecule has 1 heterocycles. The summed E-state index contributed by atoms with van der Waals surface area (Å²) in [4.78, 5) is 14.3. The van der Waals surface area contributed by atoms with Crippen molar-refractivity contribution in [3.63, 3.8) is 0 Å². The van der Waals surface area contributed by atoms with Crippen LogP contribution in [0.3, 0.4) is 0 Å². The molecule has 1 amide bonds. The molecule has 0 spiro atoms. The fourth-order valence-corrected chi connectivity index (χ4v) is 4.34. The van der Waals surface area contributed by atoms with Crippen LogP contribution in [0.2, 0.25) is 0 Å². The smallest absolute Gasteiger partial charge is 0.245 e. The molecular weight excluding hydrogens is 350 g/mol. The standard InChI is InChI=1S/C19H19N3O3S/c1-13-9-14(2)11-16(10-13)22-8-7-18(19(22)23)21-26(24,25)17-5-3-15(12-20)4-6-17/h3-6,9-11,18,21H,7-8H2,1-2H3. The van der Waals surface area contributed by atoms with Gasteiger partial charge >= 0.3 is 0 Å². The summed E-state index contributed by atoms with van der Waals surface area (Å²) < 4.78 is 27.5. The van der Waals surface area contributed by atoms with Crippen molar-refractivity contribution >= 4 is 21.6 Å². The fourth-order valence-electron chi connectivity index (χ4n) is 3.12. The normalized spacial score (nSPS) is 17.3. The number of rotatable bonds is 4. The quantitative estimate of drug-likeness (QED) is 0.895. The van der Waals surface area contributed by atoms with Crippen molar-refractivity contribution < 1.29 is 13.2 Å². The van der Waals surface area contributed by atoms with Crippen LogP contribution in [0.5, 0.6) is 0 Å². The van der Waals surface area contributed by atoms with E-state index < -0.39 is 16.1 Å². The van der Waals surface area contributed by atoms with Gasteiger partial charge in [-0.05, 0) is 67.8 Å². The van der Waals surface area contributed by atoms with E-state index in [-0.39, 0.29) is 10.8 Å². The SMILES string of the molecule is Cc1cc(C)cc(N2CCC(NS(=O)(=O)c3ccc(C#N)cc3)C2=O)c1. The lowest BCUT2D eigenvalue weighted by molar-refractivity contribution is -0.118. The van der Waals surface area contributed by atoms with Gasteiger partial charge in [-0.1, -0.05) is 6.07 Å². The third kappa shape index (κ3) is 3.62. The van der Waals surface area contributed by atoms with Gasteiger partial charge in [0.15, 0.2) is 0 Å². The first kappa shape index (κ1) is 18.1. The van der Waals surface area contributed by atoms with Gasteiger partial charge in [0.25, 0.3) is 0 Å². The summed E-state index contributed by atoms with van der Waals surface area (Å²) in [6, 6.07) is 12.6. The van der Waals surface area contributed by atoms with Gasteiger partial charge in [-0.2, -0.15) is 9.98 Å². The molecule has 134 valence electrons. The Kier molecular flexibility index (Phi) is 4.81. The Bertz CT molecular complexity index is 971. The number of carbonyl (C=O) groups is 1. The van der Waals surface area contributed by atoms with E-state index >= 15 is 0 Å². The maximum absolute atomic E-state index is 12.7. The average Bonchev–Trinajstić information content (AvgIpc) is 2.94. The number of hydrogen-bond donors (Lipinski definition) is 1. The number of nitriles is 1. The van der Waals surface area contributed by atoms with Crippen molar-refractivity contribution in [3.05, 3.63) is 59.2 Å². The second kappa shape index (κ2) is 6.90. The van der Waals surface area contributed by atoms with Crippen molar-refractivity contribution in [3.8, 4) is 6.07 Å². The fraction of sp³-hybridized carbons (Fsp3) is 0.263. The van der Waals surface area contributed by atoms with Gasteiger partial charge in [-0.3, -0.25) is 4.79 Å². The second-order valence-corrected chi connectivity index (χ2v) is 8.15. The minimum absolute atomic E-state index is 0.0363. The molecule has 1 unspecified atom stereocenters. The van der Waals surface area contributed by atoms with Crippen LogP contribution in [0.4, 0.5) is 5.69 Å². The Morgan fingerprint density at radius 2 is 1.73 bits per heavy atom. The molecule has 1 atom stereocenters. The summed E-state index contributed by atoms with van der Waals surface area (Å²) in [6.07, 6.45) is 0.404. The Balaban J connectivity index is 1.78. The molecule has 1 saturated heterocycles. The lowest BCUT2D eigenvalue weighted by Crippen LogP contribution is -2.41. The number of aryl methyl sites for hydroxylation is 2. The van der Waals surface area contributed by atoms with Crippen LogP contribution in [0, 0.1) is 25.2 Å². The van der Waals surface area contributed by atoms with Gasteiger partial charge in [0.2, 0.25) is 15.9 Å². The summed E-state index contributed by atoms with van der Waals surface area (Å²) in [5.41, 5.74) is 3.26. The molecule has 0 bridgehead atoms. The first-order chi connectivity index (χ1) is 12.3. The maximum Gasteiger partial charge on any atom is 0.245 e. The zero-order chi connectivity index (χ0) is 18.9. The second-order valence-electron chi connectivity index (χ2n) is 6.43. The van der Waals surface area contributed by atoms with Crippen molar-refractivity contribution in [2.45, 2.75) is 31.2 Å². The third-order valence-electron chi connectivity index (χ3n) is 4.31. The molecular formula is C19H19N3O3S. The molecule has 2 aromatic carbocycles. The Hall–Kier alpha value is -2.69. The highest BCUT2D eigenvalue weighted by molar-refractivity contribution is 7.89. The molecule has 7 heteroatoms. The van der Waals surface area contributed by atoms with E-state index in [0.717, 1.165) is 16.8 Å². The molecule has 1 N–H and O–H groups in total. The monoisotopic (exact) mass is 369 g/mol. The van der Waals surface area contributed by atoms with Crippen LogP contribution in [0.25, 0.3) is 0 Å². The van der Waals surface area contributed by atoms with Gasteiger partial charge in [0.1, 0.15) is 6.04 Å². The number of nitrogens with zero attached hydrogens (tertiary/aromatic N) is 2. The predicted octanol–water partition coefficient (Wildman–Crippen LogP) is 2.26. The summed E-state index contributed by atoms with van der Waals surface area (Å²) in [5.74, 6) is -0.257. The van der Waals surface area contributed by atoms with Gasteiger partial charge in [-0.15, -0.1) is 0 Å². The number of hydrogen-bond acceptors (Lipinski definition) is 4. The predicted molar refractivity (Wildman–Crippen MR) is 98.2 cm³/mol. The molecule has 26 heavy (non-hydrogen) atoms. The van der Waals surface area contributed by atoms with Gasteiger partial charge in [0, 0.05) is 12.2 Å². The van der Waals surface area contributed by atoms with E-state index in [0.29, 0.717) is 18.5 Å². The minimum atomic E-state index is -3.83. The Morgan fingerprint density at radius 1 is 1.12 bits per heavy atom. The molecule has 3 rings (SSSR count).